The molecular formula is C31H35Cl2N3O2. The zero-order valence-corrected chi connectivity index (χ0v) is 23.9. The summed E-state index contributed by atoms with van der Waals surface area (Å²) < 4.78 is 0. The van der Waals surface area contributed by atoms with Gasteiger partial charge >= 0.3 is 5.97 Å². The van der Waals surface area contributed by atoms with E-state index < -0.39 is 5.97 Å². The lowest BCUT2D eigenvalue weighted by atomic mass is 9.82. The predicted octanol–water partition coefficient (Wildman–Crippen LogP) is 7.18. The standard InChI is InChI=1S/C31H35Cl2N3O2/c1-20-5-4-6-27(32)26(20)19-35-12-9-21-15-22(7-8-23(21)18-35)25-17-34-30(33)24(16-28(37)38)29(25)36-13-10-31(2,3)11-14-36/h4-8,15,17H,9-14,16,18-19H2,1-3H3,(H,37,38). The van der Waals surface area contributed by atoms with Crippen LogP contribution in [0.15, 0.2) is 42.6 Å². The topological polar surface area (TPSA) is 56.7 Å². The molecule has 1 fully saturated rings. The number of rotatable bonds is 6. The molecule has 200 valence electrons. The summed E-state index contributed by atoms with van der Waals surface area (Å²) in [7, 11) is 0. The van der Waals surface area contributed by atoms with Crippen molar-refractivity contribution in [1.29, 1.82) is 0 Å². The van der Waals surface area contributed by atoms with Gasteiger partial charge in [-0.3, -0.25) is 9.69 Å². The van der Waals surface area contributed by atoms with E-state index in [4.69, 9.17) is 23.2 Å². The van der Waals surface area contributed by atoms with Gasteiger partial charge in [0.05, 0.1) is 12.1 Å². The van der Waals surface area contributed by atoms with E-state index >= 15 is 0 Å². The first-order chi connectivity index (χ1) is 18.1. The molecule has 0 spiro atoms. The molecule has 3 heterocycles. The molecule has 0 atom stereocenters. The van der Waals surface area contributed by atoms with E-state index in [9.17, 15) is 9.90 Å². The number of halogens is 2. The molecular weight excluding hydrogens is 517 g/mol. The normalized spacial score (nSPS) is 17.3. The minimum absolute atomic E-state index is 0.143. The van der Waals surface area contributed by atoms with Crippen LogP contribution in [0.4, 0.5) is 5.69 Å². The maximum absolute atomic E-state index is 11.8. The number of piperidine rings is 1. The van der Waals surface area contributed by atoms with Crippen molar-refractivity contribution in [2.45, 2.75) is 59.5 Å². The first-order valence-electron chi connectivity index (χ1n) is 13.3. The third kappa shape index (κ3) is 5.70. The van der Waals surface area contributed by atoms with Gasteiger partial charge in [-0.15, -0.1) is 0 Å². The first kappa shape index (κ1) is 27.0. The molecule has 0 aliphatic carbocycles. The highest BCUT2D eigenvalue weighted by Gasteiger charge is 2.30. The third-order valence-electron chi connectivity index (χ3n) is 8.20. The number of carboxylic acids is 1. The highest BCUT2D eigenvalue weighted by atomic mass is 35.5. The van der Waals surface area contributed by atoms with Crippen LogP contribution in [0.3, 0.4) is 0 Å². The van der Waals surface area contributed by atoms with Crippen molar-refractivity contribution in [3.63, 3.8) is 0 Å². The summed E-state index contributed by atoms with van der Waals surface area (Å²) in [5.41, 5.74) is 8.90. The first-order valence-corrected chi connectivity index (χ1v) is 14.1. The van der Waals surface area contributed by atoms with Crippen molar-refractivity contribution in [2.75, 3.05) is 24.5 Å². The van der Waals surface area contributed by atoms with Crippen molar-refractivity contribution in [2.24, 2.45) is 5.41 Å². The van der Waals surface area contributed by atoms with Crippen molar-refractivity contribution in [3.05, 3.63) is 80.6 Å². The number of anilines is 1. The summed E-state index contributed by atoms with van der Waals surface area (Å²) in [5, 5.41) is 10.8. The molecule has 2 aromatic carbocycles. The van der Waals surface area contributed by atoms with Gasteiger partial charge in [-0.25, -0.2) is 4.98 Å². The lowest BCUT2D eigenvalue weighted by Gasteiger charge is -2.40. The number of aromatic nitrogens is 1. The minimum Gasteiger partial charge on any atom is -0.481 e. The van der Waals surface area contributed by atoms with Gasteiger partial charge in [0.2, 0.25) is 0 Å². The Labute approximate surface area is 235 Å². The summed E-state index contributed by atoms with van der Waals surface area (Å²) in [6, 6.07) is 12.7. The van der Waals surface area contributed by atoms with Crippen LogP contribution < -0.4 is 4.90 Å². The van der Waals surface area contributed by atoms with Crippen LogP contribution in [-0.2, 0) is 30.7 Å². The quantitative estimate of drug-likeness (QED) is 0.329. The van der Waals surface area contributed by atoms with Crippen LogP contribution in [0, 0.1) is 12.3 Å². The minimum atomic E-state index is -0.899. The Morgan fingerprint density at radius 3 is 2.53 bits per heavy atom. The zero-order valence-electron chi connectivity index (χ0n) is 22.4. The Hall–Kier alpha value is -2.60. The van der Waals surface area contributed by atoms with Gasteiger partial charge in [0.1, 0.15) is 5.15 Å². The van der Waals surface area contributed by atoms with Crippen molar-refractivity contribution < 1.29 is 9.90 Å². The lowest BCUT2D eigenvalue weighted by molar-refractivity contribution is -0.136. The van der Waals surface area contributed by atoms with Crippen LogP contribution in [0.25, 0.3) is 11.1 Å². The fourth-order valence-corrected chi connectivity index (χ4v) is 6.23. The number of fused-ring (bicyclic) bond motifs is 1. The van der Waals surface area contributed by atoms with E-state index in [2.05, 4.69) is 59.8 Å². The number of hydrogen-bond acceptors (Lipinski definition) is 4. The monoisotopic (exact) mass is 551 g/mol. The van der Waals surface area contributed by atoms with E-state index in [0.29, 0.717) is 5.56 Å². The molecule has 2 aliphatic heterocycles. The van der Waals surface area contributed by atoms with E-state index in [1.165, 1.54) is 22.3 Å². The number of nitrogens with zero attached hydrogens (tertiary/aromatic N) is 3. The van der Waals surface area contributed by atoms with Gasteiger partial charge in [-0.1, -0.05) is 67.4 Å². The predicted molar refractivity (Wildman–Crippen MR) is 155 cm³/mol. The fraction of sp³-hybridized carbons (Fsp3) is 0.419. The Balaban J connectivity index is 1.46. The molecule has 3 aromatic rings. The summed E-state index contributed by atoms with van der Waals surface area (Å²) in [6.45, 7) is 11.1. The lowest BCUT2D eigenvalue weighted by Crippen LogP contribution is -2.38. The van der Waals surface area contributed by atoms with Crippen LogP contribution >= 0.6 is 23.2 Å². The maximum atomic E-state index is 11.8. The number of aryl methyl sites for hydroxylation is 1. The van der Waals surface area contributed by atoms with E-state index in [-0.39, 0.29) is 17.0 Å². The van der Waals surface area contributed by atoms with E-state index in [0.717, 1.165) is 73.8 Å². The Morgan fingerprint density at radius 1 is 1.05 bits per heavy atom. The van der Waals surface area contributed by atoms with Gasteiger partial charge in [0, 0.05) is 55.1 Å². The van der Waals surface area contributed by atoms with Crippen LogP contribution in [0.5, 0.6) is 0 Å². The number of carboxylic acid groups (broad SMARTS) is 1. The second kappa shape index (κ2) is 10.9. The molecule has 7 heteroatoms. The molecule has 0 bridgehead atoms. The van der Waals surface area contributed by atoms with E-state index in [1.54, 1.807) is 0 Å². The Morgan fingerprint density at radius 2 is 1.82 bits per heavy atom. The summed E-state index contributed by atoms with van der Waals surface area (Å²) in [4.78, 5) is 21.0. The van der Waals surface area contributed by atoms with Gasteiger partial charge in [0.25, 0.3) is 0 Å². The number of hydrogen-bond donors (Lipinski definition) is 1. The summed E-state index contributed by atoms with van der Waals surface area (Å²) in [5.74, 6) is -0.899. The highest BCUT2D eigenvalue weighted by Crippen LogP contribution is 2.41. The average molecular weight is 553 g/mol. The van der Waals surface area contributed by atoms with Crippen LogP contribution in [0.1, 0.15) is 54.5 Å². The SMILES string of the molecule is Cc1cccc(Cl)c1CN1CCc2cc(-c3cnc(Cl)c(CC(=O)O)c3N3CCC(C)(C)CC3)ccc2C1. The van der Waals surface area contributed by atoms with Crippen LogP contribution in [-0.4, -0.2) is 40.6 Å². The average Bonchev–Trinajstić information content (AvgIpc) is 2.87. The highest BCUT2D eigenvalue weighted by molar-refractivity contribution is 6.31. The number of pyridine rings is 1. The Bertz CT molecular complexity index is 1340. The van der Waals surface area contributed by atoms with Gasteiger partial charge < -0.3 is 10.0 Å². The smallest absolute Gasteiger partial charge is 0.308 e. The van der Waals surface area contributed by atoms with E-state index in [1.807, 2.05) is 18.3 Å². The molecule has 1 aromatic heterocycles. The zero-order chi connectivity index (χ0) is 27.0. The largest absolute Gasteiger partial charge is 0.481 e. The molecule has 1 saturated heterocycles. The van der Waals surface area contributed by atoms with Crippen LogP contribution in [0.2, 0.25) is 10.2 Å². The molecule has 0 unspecified atom stereocenters. The molecule has 38 heavy (non-hydrogen) atoms. The van der Waals surface area contributed by atoms with Gasteiger partial charge in [-0.05, 0) is 65.5 Å². The Kier molecular flexibility index (Phi) is 7.72. The maximum Gasteiger partial charge on any atom is 0.308 e. The molecule has 5 nitrogen and oxygen atoms in total. The number of aliphatic carboxylic acids is 1. The van der Waals surface area contributed by atoms with Crippen molar-refractivity contribution in [3.8, 4) is 11.1 Å². The molecule has 0 saturated carbocycles. The van der Waals surface area contributed by atoms with Crippen molar-refractivity contribution in [1.82, 2.24) is 9.88 Å². The number of carbonyl (C=O) groups is 1. The van der Waals surface area contributed by atoms with Gasteiger partial charge in [-0.2, -0.15) is 0 Å². The molecule has 1 N–H and O–H groups in total. The number of benzene rings is 2. The second-order valence-corrected chi connectivity index (χ2v) is 12.3. The summed E-state index contributed by atoms with van der Waals surface area (Å²) in [6.07, 6.45) is 4.71. The molecule has 2 aliphatic rings. The molecule has 5 rings (SSSR count). The molecule has 0 radical (unpaired) electrons. The fourth-order valence-electron chi connectivity index (χ4n) is 5.74. The van der Waals surface area contributed by atoms with Gasteiger partial charge in [0.15, 0.2) is 0 Å². The van der Waals surface area contributed by atoms with Crippen molar-refractivity contribution >= 4 is 34.9 Å². The summed E-state index contributed by atoms with van der Waals surface area (Å²) >= 11 is 13.0. The second-order valence-electron chi connectivity index (χ2n) is 11.5. The third-order valence-corrected chi connectivity index (χ3v) is 8.88. The molecule has 0 amide bonds.